The van der Waals surface area contributed by atoms with Crippen molar-refractivity contribution in [3.8, 4) is 17.2 Å². The first-order chi connectivity index (χ1) is 27.5. The van der Waals surface area contributed by atoms with Crippen molar-refractivity contribution in [2.45, 2.75) is 83.6 Å². The van der Waals surface area contributed by atoms with Gasteiger partial charge in [-0.05, 0) is 76.9 Å². The topological polar surface area (TPSA) is 279 Å². The van der Waals surface area contributed by atoms with Crippen molar-refractivity contribution in [1.29, 1.82) is 0 Å². The summed E-state index contributed by atoms with van der Waals surface area (Å²) in [5.41, 5.74) is 4.16. The van der Waals surface area contributed by atoms with Gasteiger partial charge in [0.2, 0.25) is 12.6 Å². The smallest absolute Gasteiger partial charge is 0.404 e. The molecule has 18 nitrogen and oxygen atoms in total. The van der Waals surface area contributed by atoms with E-state index in [1.165, 1.54) is 44.4 Å². The van der Waals surface area contributed by atoms with E-state index in [1.807, 2.05) is 19.9 Å². The molecular weight excluding hydrogens is 764 g/mol. The average Bonchev–Trinajstić information content (AvgIpc) is 3.17. The first-order valence-corrected chi connectivity index (χ1v) is 18.6. The van der Waals surface area contributed by atoms with Crippen molar-refractivity contribution in [1.82, 2.24) is 0 Å². The van der Waals surface area contributed by atoms with Gasteiger partial charge >= 0.3 is 11.7 Å². The second kappa shape index (κ2) is 18.4. The Balaban J connectivity index is 1.61. The minimum atomic E-state index is -1.60. The lowest BCUT2D eigenvalue weighted by Crippen LogP contribution is -2.65. The number of methoxy groups -OCH3 is 1. The van der Waals surface area contributed by atoms with E-state index in [4.69, 9.17) is 38.6 Å². The van der Waals surface area contributed by atoms with E-state index >= 15 is 0 Å². The molecule has 1 aromatic heterocycles. The lowest BCUT2D eigenvalue weighted by atomic mass is 9.77. The zero-order valence-corrected chi connectivity index (χ0v) is 33.0. The number of fused-ring (bicyclic) bond motifs is 1. The van der Waals surface area contributed by atoms with Crippen LogP contribution in [0.25, 0.3) is 11.0 Å². The molecular formula is C40H52N2O16. The number of anilines is 1. The maximum Gasteiger partial charge on any atom is 0.404 e. The number of aryl methyl sites for hydroxylation is 1. The third-order valence-electron chi connectivity index (χ3n) is 10.6. The minimum Gasteiger partial charge on any atom is -0.508 e. The summed E-state index contributed by atoms with van der Waals surface area (Å²) in [6, 6.07) is 7.06. The number of aromatic hydroxyl groups is 1. The standard InChI is InChI=1S/C40H52N2O16/c1-18(2)7-8-20-13-21(9-11-26(20)47)35(49)42-29-32(56-37-25(16-45)23(14-43)24(15-44)28(17-46)54-37)22-10-12-27(19(3)31(22)55-36(29)50)53-38-30(48)33(57-39(41)51)34(52-6)40(4,5)58-38/h7,9-13,23-25,28,30,33-34,37-38,43-48H,8,14-17H2,1-6H3,(H2,41,51)(H,42,49)/t23-,24+,25+,28+,30+,33-,34+,37+,38+/m0/s1. The highest BCUT2D eigenvalue weighted by Gasteiger charge is 2.53. The molecule has 3 heterocycles. The van der Waals surface area contributed by atoms with E-state index in [0.717, 1.165) is 5.57 Å². The first kappa shape index (κ1) is 44.3. The summed E-state index contributed by atoms with van der Waals surface area (Å²) in [4.78, 5) is 39.5. The number of primary amides is 1. The van der Waals surface area contributed by atoms with Gasteiger partial charge in [0.25, 0.3) is 5.91 Å². The Morgan fingerprint density at radius 2 is 1.66 bits per heavy atom. The van der Waals surface area contributed by atoms with E-state index in [9.17, 15) is 45.0 Å². The number of carbonyl (C=O) groups excluding carboxylic acids is 2. The van der Waals surface area contributed by atoms with Crippen LogP contribution in [0.3, 0.4) is 0 Å². The molecule has 2 fully saturated rings. The fourth-order valence-electron chi connectivity index (χ4n) is 7.50. The second-order valence-electron chi connectivity index (χ2n) is 15.1. The van der Waals surface area contributed by atoms with Crippen molar-refractivity contribution in [2.24, 2.45) is 23.5 Å². The number of allylic oxidation sites excluding steroid dienone is 2. The van der Waals surface area contributed by atoms with E-state index in [1.54, 1.807) is 13.8 Å². The summed E-state index contributed by atoms with van der Waals surface area (Å²) in [5, 5.41) is 65.4. The number of nitrogens with one attached hydrogen (secondary N) is 1. The fourth-order valence-corrected chi connectivity index (χ4v) is 7.50. The molecule has 2 aliphatic heterocycles. The molecule has 9 atom stereocenters. The van der Waals surface area contributed by atoms with Crippen LogP contribution in [0.5, 0.6) is 17.2 Å². The number of phenolic OH excluding ortho intramolecular Hbond substituents is 1. The van der Waals surface area contributed by atoms with E-state index in [-0.39, 0.29) is 39.3 Å². The number of aliphatic hydroxyl groups excluding tert-OH is 5. The van der Waals surface area contributed by atoms with Gasteiger partial charge in [0, 0.05) is 43.3 Å². The third kappa shape index (κ3) is 9.08. The molecule has 9 N–H and O–H groups in total. The van der Waals surface area contributed by atoms with Gasteiger partial charge < -0.3 is 74.5 Å². The molecule has 318 valence electrons. The van der Waals surface area contributed by atoms with Crippen LogP contribution in [-0.2, 0) is 25.4 Å². The van der Waals surface area contributed by atoms with E-state index in [2.05, 4.69) is 5.32 Å². The van der Waals surface area contributed by atoms with E-state index < -0.39 is 110 Å². The molecule has 58 heavy (non-hydrogen) atoms. The zero-order chi connectivity index (χ0) is 42.6. The largest absolute Gasteiger partial charge is 0.508 e. The van der Waals surface area contributed by atoms with Crippen LogP contribution >= 0.6 is 0 Å². The van der Waals surface area contributed by atoms with Gasteiger partial charge in [0.1, 0.15) is 23.2 Å². The van der Waals surface area contributed by atoms with Gasteiger partial charge in [-0.2, -0.15) is 0 Å². The average molecular weight is 817 g/mol. The van der Waals surface area contributed by atoms with E-state index in [0.29, 0.717) is 12.0 Å². The monoisotopic (exact) mass is 816 g/mol. The van der Waals surface area contributed by atoms with Gasteiger partial charge in [-0.3, -0.25) is 4.79 Å². The number of amides is 2. The Kier molecular flexibility index (Phi) is 14.1. The summed E-state index contributed by atoms with van der Waals surface area (Å²) >= 11 is 0. The molecule has 0 spiro atoms. The summed E-state index contributed by atoms with van der Waals surface area (Å²) in [7, 11) is 1.35. The van der Waals surface area contributed by atoms with Gasteiger partial charge in [-0.1, -0.05) is 11.6 Å². The lowest BCUT2D eigenvalue weighted by molar-refractivity contribution is -0.304. The highest BCUT2D eigenvalue weighted by molar-refractivity contribution is 6.07. The molecule has 18 heteroatoms. The Morgan fingerprint density at radius 1 is 0.966 bits per heavy atom. The van der Waals surface area contributed by atoms with Crippen LogP contribution in [0.2, 0.25) is 0 Å². The normalized spacial score (nSPS) is 26.8. The molecule has 3 aromatic rings. The number of phenols is 1. The molecule has 0 radical (unpaired) electrons. The summed E-state index contributed by atoms with van der Waals surface area (Å²) in [6.45, 7) is 6.38. The molecule has 2 amide bonds. The highest BCUT2D eigenvalue weighted by atomic mass is 16.7. The fraction of sp³-hybridized carbons (Fsp3) is 0.525. The van der Waals surface area contributed by atoms with Crippen molar-refractivity contribution in [2.75, 3.05) is 38.9 Å². The van der Waals surface area contributed by atoms with Crippen LogP contribution in [0.1, 0.15) is 49.2 Å². The molecule has 2 aromatic carbocycles. The van der Waals surface area contributed by atoms with Crippen LogP contribution in [-0.4, -0.2) is 119 Å². The Labute approximate surface area is 333 Å². The summed E-state index contributed by atoms with van der Waals surface area (Å²) in [6.07, 6.45) is -6.77. The third-order valence-corrected chi connectivity index (χ3v) is 10.6. The number of hydrogen-bond acceptors (Lipinski definition) is 16. The van der Waals surface area contributed by atoms with Crippen molar-refractivity contribution in [3.05, 3.63) is 69.1 Å². The summed E-state index contributed by atoms with van der Waals surface area (Å²) in [5.74, 6) is -3.63. The summed E-state index contributed by atoms with van der Waals surface area (Å²) < 4.78 is 41.0. The second-order valence-corrected chi connectivity index (χ2v) is 15.1. The number of nitrogens with two attached hydrogens (primary N) is 1. The van der Waals surface area contributed by atoms with Crippen LogP contribution in [0.15, 0.2) is 51.2 Å². The predicted octanol–water partition coefficient (Wildman–Crippen LogP) is 1.84. The van der Waals surface area contributed by atoms with Crippen molar-refractivity contribution in [3.63, 3.8) is 0 Å². The number of benzene rings is 2. The zero-order valence-electron chi connectivity index (χ0n) is 33.0. The van der Waals surface area contributed by atoms with Gasteiger partial charge in [0.05, 0.1) is 36.2 Å². The first-order valence-electron chi connectivity index (χ1n) is 18.6. The SMILES string of the molecule is CO[C@@H]1[C@@H](OC(N)=O)[C@@H](O)[C@H](Oc2ccc3c(O[C@H]4O[C@H](CO)[C@H](CO)[C@H](CO)[C@H]4CO)c(NC(=O)c4ccc(O)c(CC=C(C)C)c4)c(=O)oc3c2C)OC1(C)C. The van der Waals surface area contributed by atoms with Gasteiger partial charge in [0.15, 0.2) is 23.6 Å². The Bertz CT molecular complexity index is 2040. The number of aliphatic hydroxyl groups is 5. The quantitative estimate of drug-likeness (QED) is 0.0851. The maximum atomic E-state index is 14.0. The maximum absolute atomic E-state index is 14.0. The minimum absolute atomic E-state index is 0.0384. The molecule has 5 rings (SSSR count). The number of hydrogen-bond donors (Lipinski definition) is 8. The molecule has 0 saturated carbocycles. The predicted molar refractivity (Wildman–Crippen MR) is 205 cm³/mol. The lowest BCUT2D eigenvalue weighted by Gasteiger charge is -2.47. The molecule has 2 saturated heterocycles. The Morgan fingerprint density at radius 3 is 2.26 bits per heavy atom. The number of ether oxygens (including phenoxy) is 6. The van der Waals surface area contributed by atoms with Crippen LogP contribution < -0.4 is 26.1 Å². The highest BCUT2D eigenvalue weighted by Crippen LogP contribution is 2.42. The molecule has 0 unspecified atom stereocenters. The van der Waals surface area contributed by atoms with Gasteiger partial charge in [-0.15, -0.1) is 0 Å². The van der Waals surface area contributed by atoms with Crippen molar-refractivity contribution < 1.29 is 73.1 Å². The van der Waals surface area contributed by atoms with Gasteiger partial charge in [-0.25, -0.2) is 9.59 Å². The molecule has 0 bridgehead atoms. The van der Waals surface area contributed by atoms with Crippen LogP contribution in [0, 0.1) is 24.7 Å². The molecule has 2 aliphatic rings. The number of rotatable bonds is 14. The molecule has 0 aliphatic carbocycles. The van der Waals surface area contributed by atoms with Crippen molar-refractivity contribution >= 4 is 28.7 Å². The van der Waals surface area contributed by atoms with Crippen LogP contribution in [0.4, 0.5) is 10.5 Å². The Hall–Kier alpha value is -4.79. The number of carbonyl (C=O) groups is 2.